The first-order chi connectivity index (χ1) is 21.2. The van der Waals surface area contributed by atoms with Gasteiger partial charge in [0.15, 0.2) is 11.5 Å². The quantitative estimate of drug-likeness (QED) is 0.217. The first-order valence-corrected chi connectivity index (χ1v) is 16.5. The smallest absolute Gasteiger partial charge is 0.256 e. The summed E-state index contributed by atoms with van der Waals surface area (Å²) in [6.45, 7) is 2.24. The highest BCUT2D eigenvalue weighted by atomic mass is 35.5. The number of carbonyl (C=O) groups excluding carboxylic acids is 1. The molecule has 0 aliphatic carbocycles. The number of nitrogens with zero attached hydrogens (tertiary/aromatic N) is 3. The van der Waals surface area contributed by atoms with Crippen molar-refractivity contribution in [1.82, 2.24) is 9.80 Å². The van der Waals surface area contributed by atoms with Gasteiger partial charge in [0.05, 0.1) is 44.3 Å². The van der Waals surface area contributed by atoms with E-state index < -0.39 is 10.0 Å². The molecule has 8 nitrogen and oxygen atoms in total. The third kappa shape index (κ3) is 7.01. The number of hydrogen-bond donors (Lipinski definition) is 0. The summed E-state index contributed by atoms with van der Waals surface area (Å²) in [4.78, 5) is 18.4. The number of rotatable bonds is 10. The zero-order valence-corrected chi connectivity index (χ0v) is 26.6. The second-order valence-electron chi connectivity index (χ2n) is 10.7. The summed E-state index contributed by atoms with van der Waals surface area (Å²) in [5.74, 6) is 0.384. The summed E-state index contributed by atoms with van der Waals surface area (Å²) in [5, 5.41) is 0.544. The van der Waals surface area contributed by atoms with E-state index in [1.807, 2.05) is 36.4 Å². The van der Waals surface area contributed by atoms with E-state index >= 15 is 0 Å². The maximum Gasteiger partial charge on any atom is 0.256 e. The molecule has 0 N–H and O–H groups in total. The van der Waals surface area contributed by atoms with Crippen LogP contribution in [0.2, 0.25) is 5.02 Å². The molecule has 0 atom stereocenters. The van der Waals surface area contributed by atoms with Gasteiger partial charge in [0, 0.05) is 37.3 Å². The van der Waals surface area contributed by atoms with E-state index in [2.05, 4.69) is 29.2 Å². The van der Waals surface area contributed by atoms with Crippen LogP contribution in [0.15, 0.2) is 97.1 Å². The highest BCUT2D eigenvalue weighted by molar-refractivity contribution is 7.92. The van der Waals surface area contributed by atoms with Crippen molar-refractivity contribution < 1.29 is 22.7 Å². The van der Waals surface area contributed by atoms with Crippen LogP contribution in [0.3, 0.4) is 0 Å². The van der Waals surface area contributed by atoms with Gasteiger partial charge in [0.25, 0.3) is 5.91 Å². The van der Waals surface area contributed by atoms with Gasteiger partial charge in [-0.2, -0.15) is 0 Å². The molecular formula is C34H36ClN3O5S. The Hall–Kier alpha value is -4.05. The average molecular weight is 634 g/mol. The van der Waals surface area contributed by atoms with E-state index in [0.29, 0.717) is 42.7 Å². The highest BCUT2D eigenvalue weighted by Crippen LogP contribution is 2.38. The minimum Gasteiger partial charge on any atom is -0.493 e. The maximum atomic E-state index is 14.2. The molecule has 0 radical (unpaired) electrons. The Kier molecular flexibility index (Phi) is 9.78. The fraction of sp³-hybridized carbons (Fsp3) is 0.265. The number of benzene rings is 4. The molecule has 230 valence electrons. The van der Waals surface area contributed by atoms with Crippen LogP contribution in [0, 0.1) is 0 Å². The van der Waals surface area contributed by atoms with Gasteiger partial charge in [-0.05, 0) is 34.9 Å². The second kappa shape index (κ2) is 13.7. The molecule has 1 saturated heterocycles. The highest BCUT2D eigenvalue weighted by Gasteiger charge is 2.32. The molecule has 1 amide bonds. The van der Waals surface area contributed by atoms with Gasteiger partial charge >= 0.3 is 0 Å². The van der Waals surface area contributed by atoms with Crippen molar-refractivity contribution in [1.29, 1.82) is 0 Å². The second-order valence-corrected chi connectivity index (χ2v) is 13.0. The first kappa shape index (κ1) is 31.4. The first-order valence-electron chi connectivity index (χ1n) is 14.3. The van der Waals surface area contributed by atoms with Gasteiger partial charge in [0.2, 0.25) is 10.0 Å². The molecule has 0 aromatic heterocycles. The number of hydrogen-bond acceptors (Lipinski definition) is 6. The van der Waals surface area contributed by atoms with Crippen molar-refractivity contribution in [2.75, 3.05) is 51.0 Å². The number of ether oxygens (including phenoxy) is 2. The lowest BCUT2D eigenvalue weighted by Crippen LogP contribution is -2.50. The summed E-state index contributed by atoms with van der Waals surface area (Å²) < 4.78 is 38.6. The van der Waals surface area contributed by atoms with Crippen LogP contribution in [0.25, 0.3) is 0 Å². The summed E-state index contributed by atoms with van der Waals surface area (Å²) in [7, 11) is -0.853. The predicted molar refractivity (Wildman–Crippen MR) is 174 cm³/mol. The third-order valence-corrected chi connectivity index (χ3v) is 9.22. The molecule has 1 aliphatic rings. The van der Waals surface area contributed by atoms with Crippen LogP contribution in [0.5, 0.6) is 11.5 Å². The molecule has 10 heteroatoms. The number of piperazine rings is 1. The van der Waals surface area contributed by atoms with Crippen molar-refractivity contribution in [2.24, 2.45) is 0 Å². The molecule has 1 aliphatic heterocycles. The Balaban J connectivity index is 1.46. The fourth-order valence-corrected chi connectivity index (χ4v) is 6.64. The monoisotopic (exact) mass is 633 g/mol. The molecule has 0 bridgehead atoms. The topological polar surface area (TPSA) is 79.4 Å². The van der Waals surface area contributed by atoms with Crippen LogP contribution < -0.4 is 13.8 Å². The Morgan fingerprint density at radius 1 is 0.818 bits per heavy atom. The van der Waals surface area contributed by atoms with Gasteiger partial charge in [-0.15, -0.1) is 0 Å². The van der Waals surface area contributed by atoms with Crippen LogP contribution in [-0.4, -0.2) is 70.8 Å². The molecule has 0 spiro atoms. The van der Waals surface area contributed by atoms with Crippen LogP contribution >= 0.6 is 11.6 Å². The predicted octanol–water partition coefficient (Wildman–Crippen LogP) is 5.87. The van der Waals surface area contributed by atoms with E-state index in [0.717, 1.165) is 11.8 Å². The number of halogens is 1. The van der Waals surface area contributed by atoms with E-state index in [1.54, 1.807) is 41.3 Å². The fourth-order valence-electron chi connectivity index (χ4n) is 5.62. The summed E-state index contributed by atoms with van der Waals surface area (Å²) >= 11 is 6.06. The average Bonchev–Trinajstić information content (AvgIpc) is 3.04. The Morgan fingerprint density at radius 3 is 1.84 bits per heavy atom. The number of methoxy groups -OCH3 is 2. The molecular weight excluding hydrogens is 598 g/mol. The molecule has 1 fully saturated rings. The maximum absolute atomic E-state index is 14.2. The molecule has 44 heavy (non-hydrogen) atoms. The molecule has 4 aromatic rings. The van der Waals surface area contributed by atoms with Crippen molar-refractivity contribution in [3.05, 3.63) is 124 Å². The molecule has 0 unspecified atom stereocenters. The lowest BCUT2D eigenvalue weighted by atomic mass is 9.96. The minimum atomic E-state index is -3.81. The third-order valence-electron chi connectivity index (χ3n) is 7.84. The molecule has 4 aromatic carbocycles. The number of anilines is 1. The van der Waals surface area contributed by atoms with E-state index in [1.165, 1.54) is 29.7 Å². The van der Waals surface area contributed by atoms with Crippen LogP contribution in [0.1, 0.15) is 33.1 Å². The molecule has 5 rings (SSSR count). The standard InChI is InChI=1S/C34H36ClN3O5S/c1-42-31-22-29(30(23-32(31)43-2)38(44(3,40)41)24-25-14-16-28(35)17-15-25)34(39)37-20-18-36(19-21-37)33(26-10-6-4-7-11-26)27-12-8-5-9-13-27/h4-17,22-23,33H,18-21,24H2,1-3H3. The van der Waals surface area contributed by atoms with Crippen molar-refractivity contribution in [3.63, 3.8) is 0 Å². The van der Waals surface area contributed by atoms with Gasteiger partial charge in [-0.1, -0.05) is 84.4 Å². The van der Waals surface area contributed by atoms with E-state index in [4.69, 9.17) is 21.1 Å². The summed E-state index contributed by atoms with van der Waals surface area (Å²) in [5.41, 5.74) is 3.53. The van der Waals surface area contributed by atoms with Gasteiger partial charge in [-0.3, -0.25) is 14.0 Å². The molecule has 1 heterocycles. The van der Waals surface area contributed by atoms with Gasteiger partial charge in [-0.25, -0.2) is 8.42 Å². The number of sulfonamides is 1. The minimum absolute atomic E-state index is 0.00930. The lowest BCUT2D eigenvalue weighted by Gasteiger charge is -2.40. The van der Waals surface area contributed by atoms with E-state index in [9.17, 15) is 13.2 Å². The van der Waals surface area contributed by atoms with E-state index in [-0.39, 0.29) is 29.7 Å². The zero-order valence-electron chi connectivity index (χ0n) is 25.0. The zero-order chi connectivity index (χ0) is 31.3. The Bertz CT molecular complexity index is 1640. The van der Waals surface area contributed by atoms with Crippen molar-refractivity contribution >= 4 is 33.2 Å². The van der Waals surface area contributed by atoms with Gasteiger partial charge in [0.1, 0.15) is 0 Å². The van der Waals surface area contributed by atoms with Crippen molar-refractivity contribution in [2.45, 2.75) is 12.6 Å². The number of carbonyl (C=O) groups is 1. The Labute approximate surface area is 264 Å². The lowest BCUT2D eigenvalue weighted by molar-refractivity contribution is 0.0597. The summed E-state index contributed by atoms with van der Waals surface area (Å²) in [6.07, 6.45) is 1.12. The Morgan fingerprint density at radius 2 is 1.34 bits per heavy atom. The van der Waals surface area contributed by atoms with Crippen LogP contribution in [-0.2, 0) is 16.6 Å². The van der Waals surface area contributed by atoms with Gasteiger partial charge < -0.3 is 14.4 Å². The normalized spacial score (nSPS) is 14.0. The number of amides is 1. The largest absolute Gasteiger partial charge is 0.493 e. The van der Waals surface area contributed by atoms with Crippen molar-refractivity contribution in [3.8, 4) is 11.5 Å². The summed E-state index contributed by atoms with van der Waals surface area (Å²) in [6, 6.07) is 30.8. The molecule has 0 saturated carbocycles. The van der Waals surface area contributed by atoms with Crippen LogP contribution in [0.4, 0.5) is 5.69 Å². The SMILES string of the molecule is COc1cc(C(=O)N2CCN(C(c3ccccc3)c3ccccc3)CC2)c(N(Cc2ccc(Cl)cc2)S(C)(=O)=O)cc1OC.